The van der Waals surface area contributed by atoms with Gasteiger partial charge in [-0.25, -0.2) is 0 Å². The van der Waals surface area contributed by atoms with E-state index in [4.69, 9.17) is 4.74 Å². The Bertz CT molecular complexity index is 758. The zero-order chi connectivity index (χ0) is 13.9. The third kappa shape index (κ3) is 2.47. The first-order valence-electron chi connectivity index (χ1n) is 6.26. The third-order valence-corrected chi connectivity index (χ3v) is 3.88. The number of halogens is 1. The Morgan fingerprint density at radius 1 is 1.10 bits per heavy atom. The zero-order valence-electron chi connectivity index (χ0n) is 10.9. The van der Waals surface area contributed by atoms with Gasteiger partial charge in [0.15, 0.2) is 0 Å². The normalized spacial score (nSPS) is 10.5. The number of ether oxygens (including phenoxy) is 1. The maximum Gasteiger partial charge on any atom is 0.147 e. The van der Waals surface area contributed by atoms with Gasteiger partial charge < -0.3 is 10.1 Å². The lowest BCUT2D eigenvalue weighted by molar-refractivity contribution is 0.478. The number of aromatic nitrogens is 1. The predicted octanol–water partition coefficient (Wildman–Crippen LogP) is 4.83. The van der Waals surface area contributed by atoms with Crippen LogP contribution in [0, 0.1) is 0 Å². The molecule has 0 saturated carbocycles. The van der Waals surface area contributed by atoms with E-state index in [0.29, 0.717) is 5.75 Å². The zero-order valence-corrected chi connectivity index (χ0v) is 12.5. The van der Waals surface area contributed by atoms with Gasteiger partial charge in [0.1, 0.15) is 11.5 Å². The van der Waals surface area contributed by atoms with Crippen molar-refractivity contribution < 1.29 is 4.74 Å². The van der Waals surface area contributed by atoms with Crippen LogP contribution in [0.15, 0.2) is 59.3 Å². The van der Waals surface area contributed by atoms with Crippen molar-refractivity contribution >= 4 is 32.4 Å². The van der Waals surface area contributed by atoms with Crippen LogP contribution in [0.1, 0.15) is 0 Å². The highest BCUT2D eigenvalue weighted by Gasteiger charge is 2.07. The molecule has 1 aromatic heterocycles. The Morgan fingerprint density at radius 3 is 2.80 bits per heavy atom. The van der Waals surface area contributed by atoms with E-state index in [1.165, 1.54) is 5.39 Å². The summed E-state index contributed by atoms with van der Waals surface area (Å²) in [7, 11) is 1.85. The molecule has 0 atom stereocenters. The number of nitrogens with one attached hydrogen (secondary N) is 1. The van der Waals surface area contributed by atoms with Crippen molar-refractivity contribution in [3.63, 3.8) is 0 Å². The van der Waals surface area contributed by atoms with Gasteiger partial charge in [0.05, 0.1) is 22.6 Å². The molecule has 0 aliphatic heterocycles. The van der Waals surface area contributed by atoms with E-state index in [2.05, 4.69) is 38.4 Å². The first kappa shape index (κ1) is 12.9. The fraction of sp³-hybridized carbons (Fsp3) is 0.0625. The van der Waals surface area contributed by atoms with Crippen LogP contribution in [-0.2, 0) is 0 Å². The molecular weight excluding hydrogens is 316 g/mol. The largest absolute Gasteiger partial charge is 0.454 e. The summed E-state index contributed by atoms with van der Waals surface area (Å²) in [6.07, 6.45) is 3.45. The average Bonchev–Trinajstić information content (AvgIpc) is 2.50. The summed E-state index contributed by atoms with van der Waals surface area (Å²) in [5.74, 6) is 1.48. The molecule has 0 radical (unpaired) electrons. The molecule has 100 valence electrons. The van der Waals surface area contributed by atoms with Gasteiger partial charge in [0.2, 0.25) is 0 Å². The van der Waals surface area contributed by atoms with Gasteiger partial charge in [0.25, 0.3) is 0 Å². The minimum Gasteiger partial charge on any atom is -0.454 e. The highest BCUT2D eigenvalue weighted by Crippen LogP contribution is 2.35. The van der Waals surface area contributed by atoms with Crippen LogP contribution >= 0.6 is 15.9 Å². The number of pyridine rings is 1. The van der Waals surface area contributed by atoms with Gasteiger partial charge in [-0.1, -0.05) is 30.3 Å². The molecule has 0 aliphatic carbocycles. The van der Waals surface area contributed by atoms with Crippen LogP contribution in [-0.4, -0.2) is 12.0 Å². The van der Waals surface area contributed by atoms with Crippen molar-refractivity contribution in [2.24, 2.45) is 0 Å². The molecule has 0 aliphatic rings. The Kier molecular flexibility index (Phi) is 3.56. The smallest absolute Gasteiger partial charge is 0.147 e. The molecule has 0 amide bonds. The first-order valence-corrected chi connectivity index (χ1v) is 7.05. The Hall–Kier alpha value is -2.07. The number of fused-ring (bicyclic) bond motifs is 1. The molecular formula is C16H13BrN2O. The minimum atomic E-state index is 0.702. The summed E-state index contributed by atoms with van der Waals surface area (Å²) < 4.78 is 6.86. The van der Waals surface area contributed by atoms with E-state index in [9.17, 15) is 0 Å². The number of hydrogen-bond acceptors (Lipinski definition) is 3. The number of benzene rings is 2. The number of nitrogens with zero attached hydrogens (tertiary/aromatic N) is 1. The van der Waals surface area contributed by atoms with Crippen LogP contribution in [0.3, 0.4) is 0 Å². The molecule has 20 heavy (non-hydrogen) atoms. The van der Waals surface area contributed by atoms with Gasteiger partial charge in [-0.3, -0.25) is 4.98 Å². The lowest BCUT2D eigenvalue weighted by Gasteiger charge is -2.10. The molecule has 0 bridgehead atoms. The summed E-state index contributed by atoms with van der Waals surface area (Å²) in [5, 5.41) is 5.35. The van der Waals surface area contributed by atoms with Crippen LogP contribution in [0.2, 0.25) is 0 Å². The molecule has 0 fully saturated rings. The fourth-order valence-corrected chi connectivity index (χ4v) is 2.60. The SMILES string of the molecule is CNc1cncc(Oc2ccc3ccccc3c2Br)c1. The second-order valence-corrected chi connectivity index (χ2v) is 5.15. The Morgan fingerprint density at radius 2 is 1.95 bits per heavy atom. The van der Waals surface area contributed by atoms with E-state index in [1.807, 2.05) is 37.4 Å². The van der Waals surface area contributed by atoms with Gasteiger partial charge in [-0.15, -0.1) is 0 Å². The monoisotopic (exact) mass is 328 g/mol. The van der Waals surface area contributed by atoms with E-state index >= 15 is 0 Å². The van der Waals surface area contributed by atoms with Crippen molar-refractivity contribution in [1.29, 1.82) is 0 Å². The molecule has 3 aromatic rings. The van der Waals surface area contributed by atoms with E-state index in [1.54, 1.807) is 12.4 Å². The summed E-state index contributed by atoms with van der Waals surface area (Å²) in [6.45, 7) is 0. The third-order valence-electron chi connectivity index (χ3n) is 3.06. The van der Waals surface area contributed by atoms with Gasteiger partial charge in [-0.2, -0.15) is 0 Å². The molecule has 0 spiro atoms. The minimum absolute atomic E-state index is 0.702. The maximum atomic E-state index is 5.91. The van der Waals surface area contributed by atoms with Crippen molar-refractivity contribution in [3.05, 3.63) is 59.3 Å². The Balaban J connectivity index is 2.00. The van der Waals surface area contributed by atoms with Crippen molar-refractivity contribution in [2.75, 3.05) is 12.4 Å². The standard InChI is InChI=1S/C16H13BrN2O/c1-18-12-8-13(10-19-9-12)20-15-7-6-11-4-2-3-5-14(11)16(15)17/h2-10,18H,1H3. The molecule has 0 saturated heterocycles. The molecule has 3 nitrogen and oxygen atoms in total. The highest BCUT2D eigenvalue weighted by atomic mass is 79.9. The summed E-state index contributed by atoms with van der Waals surface area (Å²) in [4.78, 5) is 4.14. The average molecular weight is 329 g/mol. The van der Waals surface area contributed by atoms with Crippen LogP contribution in [0.4, 0.5) is 5.69 Å². The maximum absolute atomic E-state index is 5.91. The van der Waals surface area contributed by atoms with E-state index in [-0.39, 0.29) is 0 Å². The Labute approximate surface area is 125 Å². The first-order chi connectivity index (χ1) is 9.78. The molecule has 0 unspecified atom stereocenters. The molecule has 3 rings (SSSR count). The van der Waals surface area contributed by atoms with E-state index in [0.717, 1.165) is 21.3 Å². The second kappa shape index (κ2) is 5.51. The fourth-order valence-electron chi connectivity index (χ4n) is 2.03. The predicted molar refractivity (Wildman–Crippen MR) is 85.5 cm³/mol. The van der Waals surface area contributed by atoms with Crippen molar-refractivity contribution in [3.8, 4) is 11.5 Å². The van der Waals surface area contributed by atoms with Crippen LogP contribution in [0.25, 0.3) is 10.8 Å². The van der Waals surface area contributed by atoms with Gasteiger partial charge in [0, 0.05) is 13.1 Å². The highest BCUT2D eigenvalue weighted by molar-refractivity contribution is 9.10. The van der Waals surface area contributed by atoms with Crippen molar-refractivity contribution in [2.45, 2.75) is 0 Å². The van der Waals surface area contributed by atoms with Gasteiger partial charge in [-0.05, 0) is 32.8 Å². The molecule has 2 aromatic carbocycles. The van der Waals surface area contributed by atoms with E-state index < -0.39 is 0 Å². The lowest BCUT2D eigenvalue weighted by atomic mass is 10.1. The molecule has 1 N–H and O–H groups in total. The van der Waals surface area contributed by atoms with Gasteiger partial charge >= 0.3 is 0 Å². The summed E-state index contributed by atoms with van der Waals surface area (Å²) in [5.41, 5.74) is 0.916. The lowest BCUT2D eigenvalue weighted by Crippen LogP contribution is -1.91. The molecule has 1 heterocycles. The topological polar surface area (TPSA) is 34.2 Å². The van der Waals surface area contributed by atoms with Crippen molar-refractivity contribution in [1.82, 2.24) is 4.98 Å². The van der Waals surface area contributed by atoms with Crippen LogP contribution < -0.4 is 10.1 Å². The number of anilines is 1. The molecule has 4 heteroatoms. The van der Waals surface area contributed by atoms with Crippen LogP contribution in [0.5, 0.6) is 11.5 Å². The number of rotatable bonds is 3. The number of hydrogen-bond donors (Lipinski definition) is 1. The summed E-state index contributed by atoms with van der Waals surface area (Å²) >= 11 is 3.61. The second-order valence-electron chi connectivity index (χ2n) is 4.36. The summed E-state index contributed by atoms with van der Waals surface area (Å²) in [6, 6.07) is 14.1. The quantitative estimate of drug-likeness (QED) is 0.747.